The maximum atomic E-state index is 6.32. The van der Waals surface area contributed by atoms with Gasteiger partial charge in [-0.25, -0.2) is 0 Å². The minimum Gasteiger partial charge on any atom is -0.349 e. The van der Waals surface area contributed by atoms with E-state index in [9.17, 15) is 0 Å². The van der Waals surface area contributed by atoms with Crippen LogP contribution < -0.4 is 0 Å². The molecule has 4 heteroatoms. The van der Waals surface area contributed by atoms with Crippen molar-refractivity contribution in [3.8, 4) is 0 Å². The molecule has 1 aromatic carbocycles. The molecular weight excluding hydrogens is 258 g/mol. The molecule has 0 saturated heterocycles. The number of rotatable bonds is 3. The summed E-state index contributed by atoms with van der Waals surface area (Å²) in [6.45, 7) is 0.808. The SMILES string of the molecule is CN(C)C(=NCC1(c2ccccc2Cl)CC1)N(C)C. The van der Waals surface area contributed by atoms with Gasteiger partial charge in [0.15, 0.2) is 5.96 Å². The molecule has 0 unspecified atom stereocenters. The van der Waals surface area contributed by atoms with Crippen LogP contribution in [0.25, 0.3) is 0 Å². The van der Waals surface area contributed by atoms with Gasteiger partial charge in [0, 0.05) is 38.6 Å². The van der Waals surface area contributed by atoms with Crippen LogP contribution in [0, 0.1) is 0 Å². The van der Waals surface area contributed by atoms with E-state index in [4.69, 9.17) is 16.6 Å². The molecule has 0 aliphatic heterocycles. The zero-order valence-electron chi connectivity index (χ0n) is 12.2. The molecule has 0 heterocycles. The Labute approximate surface area is 120 Å². The number of halogens is 1. The van der Waals surface area contributed by atoms with E-state index in [0.717, 1.165) is 17.5 Å². The van der Waals surface area contributed by atoms with Gasteiger partial charge in [-0.3, -0.25) is 4.99 Å². The van der Waals surface area contributed by atoms with Gasteiger partial charge >= 0.3 is 0 Å². The zero-order chi connectivity index (χ0) is 14.0. The number of hydrogen-bond donors (Lipinski definition) is 0. The van der Waals surface area contributed by atoms with E-state index in [1.54, 1.807) is 0 Å². The smallest absolute Gasteiger partial charge is 0.195 e. The molecule has 19 heavy (non-hydrogen) atoms. The Morgan fingerprint density at radius 3 is 2.21 bits per heavy atom. The summed E-state index contributed by atoms with van der Waals surface area (Å²) in [7, 11) is 8.09. The Morgan fingerprint density at radius 1 is 1.16 bits per heavy atom. The van der Waals surface area contributed by atoms with Crippen molar-refractivity contribution in [2.45, 2.75) is 18.3 Å². The van der Waals surface area contributed by atoms with E-state index in [-0.39, 0.29) is 5.41 Å². The standard InChI is InChI=1S/C15H22ClN3/c1-18(2)14(19(3)4)17-11-15(9-10-15)12-7-5-6-8-13(12)16/h5-8H,9-11H2,1-4H3. The lowest BCUT2D eigenvalue weighted by Gasteiger charge is -2.24. The zero-order valence-corrected chi connectivity index (χ0v) is 12.9. The topological polar surface area (TPSA) is 18.8 Å². The van der Waals surface area contributed by atoms with Crippen LogP contribution in [0.5, 0.6) is 0 Å². The Kier molecular flexibility index (Phi) is 4.04. The fourth-order valence-electron chi connectivity index (χ4n) is 2.46. The molecule has 104 valence electrons. The van der Waals surface area contributed by atoms with E-state index in [1.165, 1.54) is 18.4 Å². The van der Waals surface area contributed by atoms with Gasteiger partial charge in [0.25, 0.3) is 0 Å². The van der Waals surface area contributed by atoms with E-state index in [1.807, 2.05) is 50.1 Å². The molecule has 1 fully saturated rings. The van der Waals surface area contributed by atoms with Crippen LogP contribution in [0.15, 0.2) is 29.3 Å². The lowest BCUT2D eigenvalue weighted by molar-refractivity contribution is 0.476. The second-order valence-electron chi connectivity index (χ2n) is 5.67. The minimum absolute atomic E-state index is 0.162. The average molecular weight is 280 g/mol. The van der Waals surface area contributed by atoms with Crippen LogP contribution in [0.2, 0.25) is 5.02 Å². The van der Waals surface area contributed by atoms with Crippen LogP contribution in [0.4, 0.5) is 0 Å². The summed E-state index contributed by atoms with van der Waals surface area (Å²) in [6, 6.07) is 8.15. The van der Waals surface area contributed by atoms with Gasteiger partial charge in [0.2, 0.25) is 0 Å². The lowest BCUT2D eigenvalue weighted by Crippen LogP contribution is -2.36. The van der Waals surface area contributed by atoms with Crippen LogP contribution in [0.1, 0.15) is 18.4 Å². The molecule has 0 radical (unpaired) electrons. The molecule has 0 atom stereocenters. The van der Waals surface area contributed by atoms with Crippen molar-refractivity contribution in [2.24, 2.45) is 4.99 Å². The second-order valence-corrected chi connectivity index (χ2v) is 6.07. The van der Waals surface area contributed by atoms with Gasteiger partial charge < -0.3 is 9.80 Å². The molecule has 3 nitrogen and oxygen atoms in total. The summed E-state index contributed by atoms with van der Waals surface area (Å²) < 4.78 is 0. The van der Waals surface area contributed by atoms with Gasteiger partial charge in [-0.15, -0.1) is 0 Å². The van der Waals surface area contributed by atoms with Crippen molar-refractivity contribution < 1.29 is 0 Å². The molecule has 0 N–H and O–H groups in total. The Hall–Kier alpha value is -1.22. The molecule has 0 amide bonds. The predicted molar refractivity (Wildman–Crippen MR) is 82.0 cm³/mol. The number of guanidine groups is 1. The van der Waals surface area contributed by atoms with Crippen molar-refractivity contribution >= 4 is 17.6 Å². The maximum Gasteiger partial charge on any atom is 0.195 e. The second kappa shape index (κ2) is 5.41. The highest BCUT2D eigenvalue weighted by atomic mass is 35.5. The fourth-order valence-corrected chi connectivity index (χ4v) is 2.80. The normalized spacial score (nSPS) is 15.8. The van der Waals surface area contributed by atoms with Crippen LogP contribution >= 0.6 is 11.6 Å². The quantitative estimate of drug-likeness (QED) is 0.626. The lowest BCUT2D eigenvalue weighted by atomic mass is 9.96. The highest BCUT2D eigenvalue weighted by Gasteiger charge is 2.45. The highest BCUT2D eigenvalue weighted by molar-refractivity contribution is 6.31. The monoisotopic (exact) mass is 279 g/mol. The third kappa shape index (κ3) is 3.03. The Balaban J connectivity index is 2.19. The summed E-state index contributed by atoms with van der Waals surface area (Å²) >= 11 is 6.32. The third-order valence-electron chi connectivity index (χ3n) is 3.62. The molecule has 2 rings (SSSR count). The van der Waals surface area contributed by atoms with Gasteiger partial charge in [0.1, 0.15) is 0 Å². The Morgan fingerprint density at radius 2 is 1.74 bits per heavy atom. The first-order chi connectivity index (χ1) is 8.96. The van der Waals surface area contributed by atoms with E-state index in [2.05, 4.69) is 12.1 Å². The predicted octanol–water partition coefficient (Wildman–Crippen LogP) is 2.85. The third-order valence-corrected chi connectivity index (χ3v) is 3.95. The van der Waals surface area contributed by atoms with E-state index < -0.39 is 0 Å². The van der Waals surface area contributed by atoms with Gasteiger partial charge in [-0.05, 0) is 24.5 Å². The fraction of sp³-hybridized carbons (Fsp3) is 0.533. The summed E-state index contributed by atoms with van der Waals surface area (Å²) in [4.78, 5) is 8.87. The van der Waals surface area contributed by atoms with Gasteiger partial charge in [0.05, 0.1) is 6.54 Å². The first kappa shape index (κ1) is 14.2. The molecule has 1 aliphatic carbocycles. The highest BCUT2D eigenvalue weighted by Crippen LogP contribution is 2.50. The van der Waals surface area contributed by atoms with Crippen molar-refractivity contribution in [1.29, 1.82) is 0 Å². The summed E-state index contributed by atoms with van der Waals surface area (Å²) in [5.41, 5.74) is 1.41. The molecule has 0 bridgehead atoms. The molecule has 0 aromatic heterocycles. The average Bonchev–Trinajstić information content (AvgIpc) is 3.10. The van der Waals surface area contributed by atoms with Crippen LogP contribution in [-0.4, -0.2) is 50.5 Å². The number of nitrogens with zero attached hydrogens (tertiary/aromatic N) is 3. The summed E-state index contributed by atoms with van der Waals surface area (Å²) in [5.74, 6) is 0.998. The van der Waals surface area contributed by atoms with Crippen LogP contribution in [-0.2, 0) is 5.41 Å². The molecule has 1 aliphatic rings. The van der Waals surface area contributed by atoms with Crippen molar-refractivity contribution in [3.05, 3.63) is 34.9 Å². The van der Waals surface area contributed by atoms with E-state index >= 15 is 0 Å². The van der Waals surface area contributed by atoms with E-state index in [0.29, 0.717) is 0 Å². The van der Waals surface area contributed by atoms with Crippen molar-refractivity contribution in [1.82, 2.24) is 9.80 Å². The van der Waals surface area contributed by atoms with Crippen molar-refractivity contribution in [2.75, 3.05) is 34.7 Å². The number of hydrogen-bond acceptors (Lipinski definition) is 1. The summed E-state index contributed by atoms with van der Waals surface area (Å²) in [6.07, 6.45) is 2.35. The molecule has 0 spiro atoms. The van der Waals surface area contributed by atoms with Crippen LogP contribution in [0.3, 0.4) is 0 Å². The molecule has 1 saturated carbocycles. The summed E-state index contributed by atoms with van der Waals surface area (Å²) in [5, 5.41) is 0.867. The maximum absolute atomic E-state index is 6.32. The number of aliphatic imine (C=N–C) groups is 1. The van der Waals surface area contributed by atoms with Crippen molar-refractivity contribution in [3.63, 3.8) is 0 Å². The van der Waals surface area contributed by atoms with Gasteiger partial charge in [-0.1, -0.05) is 29.8 Å². The number of benzene rings is 1. The molecular formula is C15H22ClN3. The first-order valence-corrected chi connectivity index (χ1v) is 6.98. The first-order valence-electron chi connectivity index (χ1n) is 6.60. The van der Waals surface area contributed by atoms with Gasteiger partial charge in [-0.2, -0.15) is 0 Å². The molecule has 1 aromatic rings. The minimum atomic E-state index is 0.162. The largest absolute Gasteiger partial charge is 0.349 e. The Bertz CT molecular complexity index is 466.